The van der Waals surface area contributed by atoms with Crippen LogP contribution in [0.3, 0.4) is 0 Å². The van der Waals surface area contributed by atoms with Gasteiger partial charge in [0.2, 0.25) is 0 Å². The number of nitrogens with zero attached hydrogens (tertiary/aromatic N) is 2. The summed E-state index contributed by atoms with van der Waals surface area (Å²) < 4.78 is 5.40. The summed E-state index contributed by atoms with van der Waals surface area (Å²) in [5.41, 5.74) is 4.93. The Bertz CT molecular complexity index is 521. The van der Waals surface area contributed by atoms with Crippen LogP contribution in [0, 0.1) is 0 Å². The number of hydrogen-bond donors (Lipinski definition) is 1. The zero-order valence-electron chi connectivity index (χ0n) is 11.9. The summed E-state index contributed by atoms with van der Waals surface area (Å²) in [6.07, 6.45) is 1.39. The van der Waals surface area contributed by atoms with E-state index in [1.165, 1.54) is 11.3 Å². The number of nitrogens with two attached hydrogens (primary N) is 1. The number of carbonyl (C=O) groups excluding carboxylic acids is 2. The number of ether oxygens (including phenoxy) is 1. The van der Waals surface area contributed by atoms with Crippen molar-refractivity contribution in [1.29, 1.82) is 0 Å². The Labute approximate surface area is 121 Å². The van der Waals surface area contributed by atoms with Crippen molar-refractivity contribution in [3.05, 3.63) is 16.1 Å². The minimum atomic E-state index is -0.547. The molecule has 6 nitrogen and oxygen atoms in total. The predicted molar refractivity (Wildman–Crippen MR) is 75.5 cm³/mol. The number of carbonyl (C=O) groups is 2. The number of hydrogen-bond acceptors (Lipinski definition) is 5. The topological polar surface area (TPSA) is 85.5 Å². The lowest BCUT2D eigenvalue weighted by Crippen LogP contribution is -2.36. The van der Waals surface area contributed by atoms with Gasteiger partial charge in [0.05, 0.1) is 6.04 Å². The second kappa shape index (κ2) is 5.40. The first-order valence-electron chi connectivity index (χ1n) is 6.53. The molecule has 1 aliphatic heterocycles. The molecule has 2 heterocycles. The Balaban J connectivity index is 2.14. The van der Waals surface area contributed by atoms with Gasteiger partial charge in [-0.05, 0) is 33.6 Å². The highest BCUT2D eigenvalue weighted by molar-refractivity contribution is 7.09. The van der Waals surface area contributed by atoms with Crippen LogP contribution in [0.1, 0.15) is 55.2 Å². The Morgan fingerprint density at radius 3 is 2.75 bits per heavy atom. The normalized spacial score (nSPS) is 19.1. The molecule has 1 aromatic rings. The Morgan fingerprint density at radius 1 is 1.50 bits per heavy atom. The summed E-state index contributed by atoms with van der Waals surface area (Å²) in [4.78, 5) is 29.2. The Kier molecular flexibility index (Phi) is 3.99. The number of primary amides is 1. The summed E-state index contributed by atoms with van der Waals surface area (Å²) in [6, 6.07) is -0.122. The molecule has 110 valence electrons. The monoisotopic (exact) mass is 297 g/mol. The van der Waals surface area contributed by atoms with Gasteiger partial charge < -0.3 is 10.5 Å². The third-order valence-electron chi connectivity index (χ3n) is 2.94. The SMILES string of the molecule is CC(C)(C)OC(=O)N1CCC[C@H]1c1nc(C(N)=O)cs1. The molecule has 2 N–H and O–H groups in total. The van der Waals surface area contributed by atoms with E-state index in [4.69, 9.17) is 10.5 Å². The molecule has 0 unspecified atom stereocenters. The maximum absolute atomic E-state index is 12.2. The summed E-state index contributed by atoms with van der Waals surface area (Å²) in [5, 5.41) is 2.37. The van der Waals surface area contributed by atoms with Gasteiger partial charge in [-0.15, -0.1) is 11.3 Å². The van der Waals surface area contributed by atoms with E-state index in [1.807, 2.05) is 20.8 Å². The fraction of sp³-hybridized carbons (Fsp3) is 0.615. The van der Waals surface area contributed by atoms with Crippen LogP contribution in [-0.2, 0) is 4.74 Å². The molecule has 0 saturated carbocycles. The van der Waals surface area contributed by atoms with Gasteiger partial charge in [-0.1, -0.05) is 0 Å². The first kappa shape index (κ1) is 14.8. The van der Waals surface area contributed by atoms with Crippen molar-refractivity contribution in [3.63, 3.8) is 0 Å². The zero-order valence-corrected chi connectivity index (χ0v) is 12.7. The average Bonchev–Trinajstić information content (AvgIpc) is 2.95. The van der Waals surface area contributed by atoms with Crippen molar-refractivity contribution in [2.24, 2.45) is 5.73 Å². The molecule has 0 aromatic carbocycles. The van der Waals surface area contributed by atoms with Crippen LogP contribution in [-0.4, -0.2) is 34.0 Å². The van der Waals surface area contributed by atoms with Crippen LogP contribution >= 0.6 is 11.3 Å². The van der Waals surface area contributed by atoms with Crippen molar-refractivity contribution in [1.82, 2.24) is 9.88 Å². The number of aromatic nitrogens is 1. The van der Waals surface area contributed by atoms with Crippen LogP contribution in [0.2, 0.25) is 0 Å². The lowest BCUT2D eigenvalue weighted by atomic mass is 10.2. The second-order valence-corrected chi connectivity index (χ2v) is 6.66. The predicted octanol–water partition coefficient (Wildman–Crippen LogP) is 2.31. The van der Waals surface area contributed by atoms with E-state index in [1.54, 1.807) is 10.3 Å². The van der Waals surface area contributed by atoms with E-state index in [-0.39, 0.29) is 17.8 Å². The van der Waals surface area contributed by atoms with Gasteiger partial charge in [-0.3, -0.25) is 9.69 Å². The summed E-state index contributed by atoms with van der Waals surface area (Å²) in [5.74, 6) is -0.547. The van der Waals surface area contributed by atoms with Gasteiger partial charge in [-0.25, -0.2) is 9.78 Å². The van der Waals surface area contributed by atoms with Crippen LogP contribution < -0.4 is 5.73 Å². The molecule has 1 aliphatic rings. The maximum Gasteiger partial charge on any atom is 0.410 e. The van der Waals surface area contributed by atoms with E-state index >= 15 is 0 Å². The van der Waals surface area contributed by atoms with E-state index in [9.17, 15) is 9.59 Å². The lowest BCUT2D eigenvalue weighted by molar-refractivity contribution is 0.0224. The van der Waals surface area contributed by atoms with Gasteiger partial charge in [0.1, 0.15) is 16.3 Å². The molecule has 1 aromatic heterocycles. The van der Waals surface area contributed by atoms with Crippen LogP contribution in [0.5, 0.6) is 0 Å². The molecule has 2 amide bonds. The van der Waals surface area contributed by atoms with Crippen LogP contribution in [0.25, 0.3) is 0 Å². The van der Waals surface area contributed by atoms with Gasteiger partial charge in [0.25, 0.3) is 5.91 Å². The summed E-state index contributed by atoms with van der Waals surface area (Å²) in [7, 11) is 0. The minimum absolute atomic E-state index is 0.122. The lowest BCUT2D eigenvalue weighted by Gasteiger charge is -2.27. The van der Waals surface area contributed by atoms with E-state index in [0.717, 1.165) is 17.8 Å². The highest BCUT2D eigenvalue weighted by atomic mass is 32.1. The molecule has 1 atom stereocenters. The van der Waals surface area contributed by atoms with Gasteiger partial charge in [-0.2, -0.15) is 0 Å². The molecule has 0 radical (unpaired) electrons. The van der Waals surface area contributed by atoms with Crippen molar-refractivity contribution in [2.75, 3.05) is 6.54 Å². The number of rotatable bonds is 2. The number of likely N-dealkylation sites (tertiary alicyclic amines) is 1. The molecule has 1 saturated heterocycles. The van der Waals surface area contributed by atoms with E-state index in [0.29, 0.717) is 6.54 Å². The Hall–Kier alpha value is -1.63. The van der Waals surface area contributed by atoms with E-state index < -0.39 is 11.5 Å². The third kappa shape index (κ3) is 3.27. The van der Waals surface area contributed by atoms with Crippen LogP contribution in [0.15, 0.2) is 5.38 Å². The highest BCUT2D eigenvalue weighted by Crippen LogP contribution is 2.34. The molecule has 7 heteroatoms. The molecular weight excluding hydrogens is 278 g/mol. The number of thiazole rings is 1. The minimum Gasteiger partial charge on any atom is -0.444 e. The third-order valence-corrected chi connectivity index (χ3v) is 3.89. The molecular formula is C13H19N3O3S. The fourth-order valence-electron chi connectivity index (χ4n) is 2.12. The molecule has 2 rings (SSSR count). The quantitative estimate of drug-likeness (QED) is 0.907. The van der Waals surface area contributed by atoms with Crippen molar-refractivity contribution in [2.45, 2.75) is 45.3 Å². The molecule has 0 bridgehead atoms. The Morgan fingerprint density at radius 2 is 2.20 bits per heavy atom. The number of amides is 2. The first-order valence-corrected chi connectivity index (χ1v) is 7.41. The van der Waals surface area contributed by atoms with E-state index in [2.05, 4.69) is 4.98 Å². The van der Waals surface area contributed by atoms with Gasteiger partial charge in [0, 0.05) is 11.9 Å². The molecule has 1 fully saturated rings. The maximum atomic E-state index is 12.2. The molecule has 0 aliphatic carbocycles. The smallest absolute Gasteiger partial charge is 0.410 e. The summed E-state index contributed by atoms with van der Waals surface area (Å²) >= 11 is 1.35. The second-order valence-electron chi connectivity index (χ2n) is 5.77. The van der Waals surface area contributed by atoms with Crippen molar-refractivity contribution < 1.29 is 14.3 Å². The van der Waals surface area contributed by atoms with Crippen molar-refractivity contribution >= 4 is 23.3 Å². The van der Waals surface area contributed by atoms with Gasteiger partial charge >= 0.3 is 6.09 Å². The highest BCUT2D eigenvalue weighted by Gasteiger charge is 2.35. The molecule has 20 heavy (non-hydrogen) atoms. The van der Waals surface area contributed by atoms with Gasteiger partial charge in [0.15, 0.2) is 0 Å². The summed E-state index contributed by atoms with van der Waals surface area (Å²) in [6.45, 7) is 6.16. The average molecular weight is 297 g/mol. The molecule has 0 spiro atoms. The van der Waals surface area contributed by atoms with Crippen molar-refractivity contribution in [3.8, 4) is 0 Å². The zero-order chi connectivity index (χ0) is 14.9. The first-order chi connectivity index (χ1) is 9.28. The largest absolute Gasteiger partial charge is 0.444 e. The standard InChI is InChI=1S/C13H19N3O3S/c1-13(2,3)19-12(18)16-6-4-5-9(16)11-15-8(7-20-11)10(14)17/h7,9H,4-6H2,1-3H3,(H2,14,17)/t9-/m0/s1. The van der Waals surface area contributed by atoms with Crippen LogP contribution in [0.4, 0.5) is 4.79 Å². The fourth-order valence-corrected chi connectivity index (χ4v) is 3.07.